The largest absolute Gasteiger partial charge is 0.272 e. The van der Waals surface area contributed by atoms with Gasteiger partial charge in [-0.3, -0.25) is 4.79 Å². The number of thioether (sulfide) groups is 1. The van der Waals surface area contributed by atoms with Gasteiger partial charge in [-0.2, -0.15) is 0 Å². The molecule has 0 aromatic heterocycles. The predicted octanol–water partition coefficient (Wildman–Crippen LogP) is 1.39. The Morgan fingerprint density at radius 1 is 1.33 bits per heavy atom. The molecule has 2 rings (SSSR count). The van der Waals surface area contributed by atoms with Crippen molar-refractivity contribution in [1.29, 1.82) is 0 Å². The van der Waals surface area contributed by atoms with E-state index >= 15 is 0 Å². The number of halogens is 1. The van der Waals surface area contributed by atoms with Crippen LogP contribution < -0.4 is 4.83 Å². The molecule has 0 unspecified atom stereocenters. The molecule has 1 N–H and O–H groups in total. The lowest BCUT2D eigenvalue weighted by Crippen LogP contribution is -2.44. The topological polar surface area (TPSA) is 66.5 Å². The van der Waals surface area contributed by atoms with Gasteiger partial charge in [-0.15, -0.1) is 4.83 Å². The van der Waals surface area contributed by atoms with Crippen molar-refractivity contribution in [2.75, 3.05) is 5.75 Å². The number of sulfonamides is 1. The number of hydrogen-bond acceptors (Lipinski definition) is 5. The monoisotopic (exact) mass is 322 g/mol. The normalized spacial score (nSPS) is 16.4. The lowest BCUT2D eigenvalue weighted by molar-refractivity contribution is -0.125. The van der Waals surface area contributed by atoms with Gasteiger partial charge in [-0.1, -0.05) is 35.6 Å². The van der Waals surface area contributed by atoms with Crippen molar-refractivity contribution in [2.45, 2.75) is 4.90 Å². The maximum Gasteiger partial charge on any atom is 0.257 e. The first-order valence-corrected chi connectivity index (χ1v) is 7.93. The Kier molecular flexibility index (Phi) is 3.93. The lowest BCUT2D eigenvalue weighted by Gasteiger charge is -2.16. The standard InChI is InChI=1S/C9H7ClN2O3S3/c10-6-1-3-7(4-2-6)18(14,15)11-12-8(13)5-17-9(12)16/h1-4,11H,5H2. The number of hydrogen-bond donors (Lipinski definition) is 1. The Morgan fingerprint density at radius 3 is 2.44 bits per heavy atom. The molecule has 0 bridgehead atoms. The summed E-state index contributed by atoms with van der Waals surface area (Å²) in [6.07, 6.45) is 0. The number of benzene rings is 1. The van der Waals surface area contributed by atoms with Crippen LogP contribution in [0.25, 0.3) is 0 Å². The Bertz CT molecular complexity index is 584. The molecule has 0 aliphatic carbocycles. The van der Waals surface area contributed by atoms with Gasteiger partial charge in [0.25, 0.3) is 15.9 Å². The highest BCUT2D eigenvalue weighted by atomic mass is 35.5. The van der Waals surface area contributed by atoms with Gasteiger partial charge < -0.3 is 0 Å². The molecule has 0 saturated carbocycles. The fourth-order valence-corrected chi connectivity index (χ4v) is 3.48. The van der Waals surface area contributed by atoms with E-state index in [2.05, 4.69) is 4.83 Å². The summed E-state index contributed by atoms with van der Waals surface area (Å²) in [6.45, 7) is 0. The van der Waals surface area contributed by atoms with E-state index in [0.717, 1.165) is 16.8 Å². The first kappa shape index (κ1) is 13.8. The second-order valence-electron chi connectivity index (χ2n) is 3.33. The van der Waals surface area contributed by atoms with Gasteiger partial charge in [0.2, 0.25) is 0 Å². The quantitative estimate of drug-likeness (QED) is 0.852. The zero-order valence-electron chi connectivity index (χ0n) is 8.79. The average molecular weight is 323 g/mol. The second kappa shape index (κ2) is 5.14. The van der Waals surface area contributed by atoms with Crippen LogP contribution in [0.5, 0.6) is 0 Å². The van der Waals surface area contributed by atoms with Crippen molar-refractivity contribution < 1.29 is 13.2 Å². The number of amides is 1. The van der Waals surface area contributed by atoms with Crippen molar-refractivity contribution in [2.24, 2.45) is 0 Å². The summed E-state index contributed by atoms with van der Waals surface area (Å²) in [5, 5.41) is 1.29. The zero-order chi connectivity index (χ0) is 13.3. The maximum absolute atomic E-state index is 12.0. The van der Waals surface area contributed by atoms with Crippen LogP contribution in [0.3, 0.4) is 0 Å². The number of carbonyl (C=O) groups is 1. The van der Waals surface area contributed by atoms with Crippen LogP contribution in [-0.4, -0.2) is 29.4 Å². The van der Waals surface area contributed by atoms with E-state index in [0.29, 0.717) is 5.02 Å². The molecular weight excluding hydrogens is 316 g/mol. The molecule has 1 aromatic rings. The van der Waals surface area contributed by atoms with E-state index in [1.165, 1.54) is 24.3 Å². The molecular formula is C9H7ClN2O3S3. The molecule has 0 atom stereocenters. The molecule has 5 nitrogen and oxygen atoms in total. The number of carbonyl (C=O) groups excluding carboxylic acids is 1. The van der Waals surface area contributed by atoms with Crippen molar-refractivity contribution in [3.05, 3.63) is 29.3 Å². The van der Waals surface area contributed by atoms with E-state index in [-0.39, 0.29) is 20.9 Å². The molecule has 18 heavy (non-hydrogen) atoms. The molecule has 0 radical (unpaired) electrons. The van der Waals surface area contributed by atoms with Gasteiger partial charge in [-0.05, 0) is 24.3 Å². The fourth-order valence-electron chi connectivity index (χ4n) is 1.23. The minimum Gasteiger partial charge on any atom is -0.272 e. The molecule has 1 fully saturated rings. The van der Waals surface area contributed by atoms with E-state index in [9.17, 15) is 13.2 Å². The van der Waals surface area contributed by atoms with Gasteiger partial charge >= 0.3 is 0 Å². The molecule has 9 heteroatoms. The van der Waals surface area contributed by atoms with Crippen LogP contribution in [0.1, 0.15) is 0 Å². The summed E-state index contributed by atoms with van der Waals surface area (Å²) in [6, 6.07) is 5.60. The summed E-state index contributed by atoms with van der Waals surface area (Å²) >= 11 is 11.7. The molecule has 0 spiro atoms. The summed E-state index contributed by atoms with van der Waals surface area (Å²) in [7, 11) is -3.83. The second-order valence-corrected chi connectivity index (χ2v) is 7.04. The van der Waals surface area contributed by atoms with Crippen LogP contribution in [-0.2, 0) is 14.8 Å². The van der Waals surface area contributed by atoms with E-state index in [4.69, 9.17) is 23.8 Å². The van der Waals surface area contributed by atoms with Gasteiger partial charge in [-0.25, -0.2) is 13.4 Å². The van der Waals surface area contributed by atoms with Gasteiger partial charge in [0.1, 0.15) is 0 Å². The Balaban J connectivity index is 2.24. The number of nitrogens with one attached hydrogen (secondary N) is 1. The van der Waals surface area contributed by atoms with Gasteiger partial charge in [0.05, 0.1) is 10.6 Å². The summed E-state index contributed by atoms with van der Waals surface area (Å²) in [5.41, 5.74) is 0. The van der Waals surface area contributed by atoms with Crippen LogP contribution in [0.4, 0.5) is 0 Å². The third-order valence-electron chi connectivity index (χ3n) is 2.09. The van der Waals surface area contributed by atoms with E-state index < -0.39 is 10.0 Å². The molecule has 1 aromatic carbocycles. The lowest BCUT2D eigenvalue weighted by atomic mass is 10.4. The smallest absolute Gasteiger partial charge is 0.257 e. The molecule has 1 amide bonds. The maximum atomic E-state index is 12.0. The summed E-state index contributed by atoms with van der Waals surface area (Å²) < 4.78 is 24.1. The van der Waals surface area contributed by atoms with Gasteiger partial charge in [0, 0.05) is 5.02 Å². The van der Waals surface area contributed by atoms with Crippen LogP contribution in [0, 0.1) is 0 Å². The average Bonchev–Trinajstić information content (AvgIpc) is 2.61. The minimum absolute atomic E-state index is 0.0133. The van der Waals surface area contributed by atoms with E-state index in [1.54, 1.807) is 0 Å². The number of rotatable bonds is 3. The summed E-state index contributed by atoms with van der Waals surface area (Å²) in [4.78, 5) is 13.6. The third-order valence-corrected chi connectivity index (χ3v) is 5.01. The third kappa shape index (κ3) is 2.83. The molecule has 1 aliphatic heterocycles. The van der Waals surface area contributed by atoms with Crippen molar-refractivity contribution in [3.63, 3.8) is 0 Å². The number of hydrazine groups is 1. The fraction of sp³-hybridized carbons (Fsp3) is 0.111. The molecule has 1 saturated heterocycles. The van der Waals surface area contributed by atoms with Gasteiger partial charge in [0.15, 0.2) is 4.32 Å². The number of nitrogens with zero attached hydrogens (tertiary/aromatic N) is 1. The molecule has 96 valence electrons. The number of thiocarbonyl (C=S) groups is 1. The predicted molar refractivity (Wildman–Crippen MR) is 73.7 cm³/mol. The highest BCUT2D eigenvalue weighted by Crippen LogP contribution is 2.20. The Hall–Kier alpha value is -0.670. The van der Waals surface area contributed by atoms with Crippen LogP contribution in [0.2, 0.25) is 5.02 Å². The molecule has 1 heterocycles. The molecule has 1 aliphatic rings. The first-order chi connectivity index (χ1) is 8.40. The van der Waals surface area contributed by atoms with Crippen LogP contribution in [0.15, 0.2) is 29.2 Å². The van der Waals surface area contributed by atoms with E-state index in [1.807, 2.05) is 0 Å². The zero-order valence-corrected chi connectivity index (χ0v) is 12.0. The first-order valence-electron chi connectivity index (χ1n) is 4.68. The Labute approximate surface area is 119 Å². The minimum atomic E-state index is -3.83. The highest BCUT2D eigenvalue weighted by molar-refractivity contribution is 8.24. The van der Waals surface area contributed by atoms with Crippen molar-refractivity contribution in [3.8, 4) is 0 Å². The van der Waals surface area contributed by atoms with Crippen LogP contribution >= 0.6 is 35.6 Å². The Morgan fingerprint density at radius 2 is 1.94 bits per heavy atom. The van der Waals surface area contributed by atoms with Crippen molar-refractivity contribution >= 4 is 55.8 Å². The highest BCUT2D eigenvalue weighted by Gasteiger charge is 2.31. The van der Waals surface area contributed by atoms with Crippen molar-refractivity contribution in [1.82, 2.24) is 9.84 Å². The summed E-state index contributed by atoms with van der Waals surface area (Å²) in [5.74, 6) is -0.246. The SMILES string of the molecule is O=C1CSC(=S)N1NS(=O)(=O)c1ccc(Cl)cc1.